The molecule has 112 valence electrons. The van der Waals surface area contributed by atoms with Crippen molar-refractivity contribution < 1.29 is 14.6 Å². The Kier molecular flexibility index (Phi) is 6.52. The number of aryl methyl sites for hydroxylation is 1. The zero-order valence-corrected chi connectivity index (χ0v) is 12.4. The molecule has 0 heterocycles. The van der Waals surface area contributed by atoms with Crippen molar-refractivity contribution in [3.8, 4) is 5.75 Å². The SMILES string of the molecule is CCCc1ccc(OCCCCC(C)(N)C(=O)O)cc1. The molecular weight excluding hydrogens is 254 g/mol. The number of rotatable bonds is 9. The third-order valence-corrected chi connectivity index (χ3v) is 3.31. The van der Waals surface area contributed by atoms with Crippen LogP contribution in [0.1, 0.15) is 45.1 Å². The van der Waals surface area contributed by atoms with Gasteiger partial charge in [-0.15, -0.1) is 0 Å². The Morgan fingerprint density at radius 3 is 2.50 bits per heavy atom. The Morgan fingerprint density at radius 2 is 1.95 bits per heavy atom. The van der Waals surface area contributed by atoms with Gasteiger partial charge in [-0.25, -0.2) is 0 Å². The van der Waals surface area contributed by atoms with E-state index >= 15 is 0 Å². The predicted octanol–water partition coefficient (Wildman–Crippen LogP) is 2.99. The lowest BCUT2D eigenvalue weighted by Crippen LogP contribution is -2.44. The standard InChI is InChI=1S/C16H25NO3/c1-3-6-13-7-9-14(10-8-13)20-12-5-4-11-16(2,17)15(18)19/h7-10H,3-6,11-12,17H2,1-2H3,(H,18,19). The Labute approximate surface area is 120 Å². The maximum Gasteiger partial charge on any atom is 0.323 e. The molecule has 0 aliphatic rings. The van der Waals surface area contributed by atoms with Crippen LogP contribution in [0.15, 0.2) is 24.3 Å². The van der Waals surface area contributed by atoms with Crippen molar-refractivity contribution in [2.45, 2.75) is 51.5 Å². The van der Waals surface area contributed by atoms with Gasteiger partial charge in [0.05, 0.1) is 6.61 Å². The van der Waals surface area contributed by atoms with Crippen molar-refractivity contribution in [1.82, 2.24) is 0 Å². The van der Waals surface area contributed by atoms with E-state index in [4.69, 9.17) is 15.6 Å². The van der Waals surface area contributed by atoms with Crippen LogP contribution in [-0.4, -0.2) is 23.2 Å². The van der Waals surface area contributed by atoms with Crippen LogP contribution in [0.25, 0.3) is 0 Å². The van der Waals surface area contributed by atoms with E-state index in [1.54, 1.807) is 6.92 Å². The van der Waals surface area contributed by atoms with Gasteiger partial charge < -0.3 is 15.6 Å². The first-order valence-corrected chi connectivity index (χ1v) is 7.19. The summed E-state index contributed by atoms with van der Waals surface area (Å²) in [4.78, 5) is 10.8. The molecule has 1 unspecified atom stereocenters. The number of nitrogens with two attached hydrogens (primary N) is 1. The first kappa shape index (κ1) is 16.5. The van der Waals surface area contributed by atoms with Gasteiger partial charge in [-0.2, -0.15) is 0 Å². The number of carboxylic acids is 1. The highest BCUT2D eigenvalue weighted by atomic mass is 16.5. The van der Waals surface area contributed by atoms with Crippen molar-refractivity contribution in [3.05, 3.63) is 29.8 Å². The number of ether oxygens (including phenoxy) is 1. The third kappa shape index (κ3) is 5.61. The zero-order valence-electron chi connectivity index (χ0n) is 12.4. The van der Waals surface area contributed by atoms with Crippen LogP contribution in [-0.2, 0) is 11.2 Å². The number of aliphatic carboxylic acids is 1. The molecule has 1 rings (SSSR count). The molecule has 1 aromatic rings. The highest BCUT2D eigenvalue weighted by Crippen LogP contribution is 2.15. The molecule has 0 aliphatic heterocycles. The minimum Gasteiger partial charge on any atom is -0.494 e. The normalized spacial score (nSPS) is 13.8. The van der Waals surface area contributed by atoms with E-state index < -0.39 is 11.5 Å². The maximum atomic E-state index is 10.8. The summed E-state index contributed by atoms with van der Waals surface area (Å²) in [5, 5.41) is 8.89. The monoisotopic (exact) mass is 279 g/mol. The van der Waals surface area contributed by atoms with Crippen LogP contribution in [0, 0.1) is 0 Å². The van der Waals surface area contributed by atoms with Gasteiger partial charge in [-0.1, -0.05) is 25.5 Å². The van der Waals surface area contributed by atoms with Gasteiger partial charge in [0.15, 0.2) is 0 Å². The summed E-state index contributed by atoms with van der Waals surface area (Å²) in [6.07, 6.45) is 4.23. The highest BCUT2D eigenvalue weighted by molar-refractivity contribution is 5.77. The van der Waals surface area contributed by atoms with Crippen LogP contribution in [0.3, 0.4) is 0 Å². The van der Waals surface area contributed by atoms with Gasteiger partial charge >= 0.3 is 5.97 Å². The molecule has 0 saturated heterocycles. The number of unbranched alkanes of at least 4 members (excludes halogenated alkanes) is 1. The molecule has 0 aliphatic carbocycles. The summed E-state index contributed by atoms with van der Waals surface area (Å²) in [6, 6.07) is 8.13. The van der Waals surface area contributed by atoms with Crippen LogP contribution in [0.2, 0.25) is 0 Å². The topological polar surface area (TPSA) is 72.5 Å². The molecule has 0 aromatic heterocycles. The molecule has 1 atom stereocenters. The number of benzene rings is 1. The molecule has 0 radical (unpaired) electrons. The van der Waals surface area contributed by atoms with Crippen molar-refractivity contribution in [3.63, 3.8) is 0 Å². The van der Waals surface area contributed by atoms with Crippen molar-refractivity contribution in [2.75, 3.05) is 6.61 Å². The van der Waals surface area contributed by atoms with E-state index in [-0.39, 0.29) is 0 Å². The lowest BCUT2D eigenvalue weighted by Gasteiger charge is -2.18. The van der Waals surface area contributed by atoms with Gasteiger partial charge in [-0.05, 0) is 50.3 Å². The largest absolute Gasteiger partial charge is 0.494 e. The lowest BCUT2D eigenvalue weighted by molar-refractivity contribution is -0.142. The minimum atomic E-state index is -1.14. The Morgan fingerprint density at radius 1 is 1.30 bits per heavy atom. The second-order valence-electron chi connectivity index (χ2n) is 5.42. The first-order valence-electron chi connectivity index (χ1n) is 7.19. The van der Waals surface area contributed by atoms with E-state index in [2.05, 4.69) is 19.1 Å². The van der Waals surface area contributed by atoms with E-state index in [1.807, 2.05) is 12.1 Å². The van der Waals surface area contributed by atoms with E-state index in [1.165, 1.54) is 5.56 Å². The van der Waals surface area contributed by atoms with Gasteiger partial charge in [0, 0.05) is 0 Å². The average molecular weight is 279 g/mol. The molecule has 4 nitrogen and oxygen atoms in total. The Hall–Kier alpha value is -1.55. The minimum absolute atomic E-state index is 0.459. The average Bonchev–Trinajstić information content (AvgIpc) is 2.40. The van der Waals surface area contributed by atoms with Crippen molar-refractivity contribution in [2.24, 2.45) is 5.73 Å². The number of hydrogen-bond acceptors (Lipinski definition) is 3. The zero-order chi connectivity index (χ0) is 15.0. The molecule has 0 saturated carbocycles. The highest BCUT2D eigenvalue weighted by Gasteiger charge is 2.26. The molecule has 20 heavy (non-hydrogen) atoms. The van der Waals surface area contributed by atoms with Gasteiger partial charge in [0.2, 0.25) is 0 Å². The fourth-order valence-electron chi connectivity index (χ4n) is 1.93. The molecular formula is C16H25NO3. The van der Waals surface area contributed by atoms with Crippen molar-refractivity contribution >= 4 is 5.97 Å². The fourth-order valence-corrected chi connectivity index (χ4v) is 1.93. The third-order valence-electron chi connectivity index (χ3n) is 3.31. The Balaban J connectivity index is 2.23. The van der Waals surface area contributed by atoms with E-state index in [0.29, 0.717) is 13.0 Å². The molecule has 0 fully saturated rings. The second kappa shape index (κ2) is 7.90. The molecule has 0 bridgehead atoms. The van der Waals surface area contributed by atoms with Crippen molar-refractivity contribution in [1.29, 1.82) is 0 Å². The van der Waals surface area contributed by atoms with E-state index in [0.717, 1.165) is 31.4 Å². The van der Waals surface area contributed by atoms with Gasteiger partial charge in [0.1, 0.15) is 11.3 Å². The summed E-state index contributed by atoms with van der Waals surface area (Å²) in [5.74, 6) is -0.0940. The molecule has 0 amide bonds. The Bertz CT molecular complexity index is 412. The first-order chi connectivity index (χ1) is 9.45. The molecule has 0 spiro atoms. The number of carbonyl (C=O) groups is 1. The number of carboxylic acid groups (broad SMARTS) is 1. The quantitative estimate of drug-likeness (QED) is 0.682. The van der Waals surface area contributed by atoms with Gasteiger partial charge in [-0.3, -0.25) is 4.79 Å². The van der Waals surface area contributed by atoms with Crippen LogP contribution >= 0.6 is 0 Å². The number of hydrogen-bond donors (Lipinski definition) is 2. The smallest absolute Gasteiger partial charge is 0.323 e. The second-order valence-corrected chi connectivity index (χ2v) is 5.42. The summed E-state index contributed by atoms with van der Waals surface area (Å²) >= 11 is 0. The summed E-state index contributed by atoms with van der Waals surface area (Å²) in [7, 11) is 0. The molecule has 1 aromatic carbocycles. The molecule has 3 N–H and O–H groups in total. The molecule has 4 heteroatoms. The van der Waals surface area contributed by atoms with Crippen LogP contribution in [0.5, 0.6) is 5.75 Å². The summed E-state index contributed by atoms with van der Waals surface area (Å²) in [5.41, 5.74) is 5.84. The van der Waals surface area contributed by atoms with E-state index in [9.17, 15) is 4.79 Å². The van der Waals surface area contributed by atoms with Gasteiger partial charge in [0.25, 0.3) is 0 Å². The lowest BCUT2D eigenvalue weighted by atomic mass is 9.97. The fraction of sp³-hybridized carbons (Fsp3) is 0.562. The maximum absolute atomic E-state index is 10.8. The van der Waals surface area contributed by atoms with Crippen LogP contribution < -0.4 is 10.5 Å². The summed E-state index contributed by atoms with van der Waals surface area (Å²) < 4.78 is 5.63. The van der Waals surface area contributed by atoms with Crippen LogP contribution in [0.4, 0.5) is 0 Å². The predicted molar refractivity (Wildman–Crippen MR) is 80.0 cm³/mol. The summed E-state index contributed by atoms with van der Waals surface area (Å²) in [6.45, 7) is 4.29.